The van der Waals surface area contributed by atoms with Crippen LogP contribution in [0.3, 0.4) is 0 Å². The predicted molar refractivity (Wildman–Crippen MR) is 112 cm³/mol. The molecule has 0 unspecified atom stereocenters. The Hall–Kier alpha value is -1.95. The smallest absolute Gasteiger partial charge is 0.220 e. The van der Waals surface area contributed by atoms with E-state index in [9.17, 15) is 14.7 Å². The highest BCUT2D eigenvalue weighted by Gasteiger charge is 2.61. The largest absolute Gasteiger partial charge is 0.390 e. The molecule has 0 radical (unpaired) electrons. The van der Waals surface area contributed by atoms with Gasteiger partial charge in [-0.25, -0.2) is 0 Å². The first kappa shape index (κ1) is 21.8. The van der Waals surface area contributed by atoms with E-state index < -0.39 is 5.60 Å². The fourth-order valence-electron chi connectivity index (χ4n) is 5.82. The minimum atomic E-state index is -0.681. The summed E-state index contributed by atoms with van der Waals surface area (Å²) in [6, 6.07) is 3.84. The van der Waals surface area contributed by atoms with Crippen LogP contribution in [0.1, 0.15) is 71.8 Å². The summed E-state index contributed by atoms with van der Waals surface area (Å²) in [6.45, 7) is 8.42. The van der Waals surface area contributed by atoms with Gasteiger partial charge in [-0.1, -0.05) is 19.9 Å². The summed E-state index contributed by atoms with van der Waals surface area (Å²) >= 11 is 0. The van der Waals surface area contributed by atoms with Gasteiger partial charge in [-0.05, 0) is 67.4 Å². The van der Waals surface area contributed by atoms with E-state index in [2.05, 4.69) is 29.5 Å². The van der Waals surface area contributed by atoms with Crippen LogP contribution < -0.4 is 10.6 Å². The molecule has 2 aliphatic carbocycles. The molecule has 160 valence electrons. The predicted octanol–water partition coefficient (Wildman–Crippen LogP) is 2.95. The summed E-state index contributed by atoms with van der Waals surface area (Å²) in [6.07, 6.45) is 7.74. The Labute approximate surface area is 173 Å². The molecule has 2 amide bonds. The van der Waals surface area contributed by atoms with Crippen LogP contribution in [-0.4, -0.2) is 33.5 Å². The van der Waals surface area contributed by atoms with Gasteiger partial charge in [0.05, 0.1) is 5.60 Å². The highest BCUT2D eigenvalue weighted by molar-refractivity contribution is 5.76. The van der Waals surface area contributed by atoms with Crippen LogP contribution >= 0.6 is 0 Å². The molecule has 29 heavy (non-hydrogen) atoms. The number of nitrogens with one attached hydrogen (secondary N) is 2. The molecule has 0 saturated heterocycles. The molecular weight excluding hydrogens is 366 g/mol. The molecule has 1 heterocycles. The maximum absolute atomic E-state index is 12.6. The molecule has 0 bridgehead atoms. The molecule has 1 aromatic rings. The Morgan fingerprint density at radius 1 is 1.24 bits per heavy atom. The second kappa shape index (κ2) is 8.05. The van der Waals surface area contributed by atoms with Gasteiger partial charge in [0.1, 0.15) is 0 Å². The molecule has 2 aliphatic rings. The van der Waals surface area contributed by atoms with E-state index in [0.717, 1.165) is 24.8 Å². The topological polar surface area (TPSA) is 91.3 Å². The van der Waals surface area contributed by atoms with Gasteiger partial charge in [0.25, 0.3) is 0 Å². The van der Waals surface area contributed by atoms with Gasteiger partial charge in [-0.3, -0.25) is 14.6 Å². The fourth-order valence-corrected chi connectivity index (χ4v) is 5.82. The van der Waals surface area contributed by atoms with Crippen LogP contribution in [-0.2, 0) is 16.1 Å². The van der Waals surface area contributed by atoms with Gasteiger partial charge in [-0.15, -0.1) is 0 Å². The zero-order valence-electron chi connectivity index (χ0n) is 18.1. The second-order valence-electron chi connectivity index (χ2n) is 10.1. The summed E-state index contributed by atoms with van der Waals surface area (Å²) in [7, 11) is 0. The van der Waals surface area contributed by atoms with Crippen molar-refractivity contribution in [1.82, 2.24) is 15.6 Å². The lowest BCUT2D eigenvalue weighted by Crippen LogP contribution is -2.52. The van der Waals surface area contributed by atoms with Crippen molar-refractivity contribution in [2.75, 3.05) is 0 Å². The second-order valence-corrected chi connectivity index (χ2v) is 10.1. The quantitative estimate of drug-likeness (QED) is 0.683. The third-order valence-electron chi connectivity index (χ3n) is 7.24. The lowest BCUT2D eigenvalue weighted by atomic mass is 9.57. The highest BCUT2D eigenvalue weighted by Crippen LogP contribution is 2.63. The van der Waals surface area contributed by atoms with Crippen LogP contribution in [0.15, 0.2) is 24.5 Å². The summed E-state index contributed by atoms with van der Waals surface area (Å²) in [5, 5.41) is 16.9. The maximum atomic E-state index is 12.6. The Kier molecular flexibility index (Phi) is 6.04. The third-order valence-corrected chi connectivity index (χ3v) is 7.24. The van der Waals surface area contributed by atoms with E-state index in [4.69, 9.17) is 0 Å². The summed E-state index contributed by atoms with van der Waals surface area (Å²) in [5.41, 5.74) is 0.148. The molecule has 3 N–H and O–H groups in total. The number of carbonyl (C=O) groups is 2. The fraction of sp³-hybridized carbons (Fsp3) is 0.696. The van der Waals surface area contributed by atoms with E-state index in [0.29, 0.717) is 25.8 Å². The molecule has 1 aromatic heterocycles. The molecule has 0 spiro atoms. The standard InChI is InChI=1S/C23H35N3O3/c1-16(27)26-19-13-21(2,3)18-12-22(4,29)9-10-23(18,19)8-7-20(28)25-15-17-6-5-11-24-14-17/h5-6,11,14,18-19,29H,7-10,12-13,15H2,1-4H3,(H,25,28)(H,26,27)/t18-,19-,22+,23+/m1/s1. The zero-order chi connectivity index (χ0) is 21.3. The normalized spacial score (nSPS) is 33.0. The summed E-state index contributed by atoms with van der Waals surface area (Å²) in [4.78, 5) is 28.6. The van der Waals surface area contributed by atoms with E-state index >= 15 is 0 Å². The van der Waals surface area contributed by atoms with Gasteiger partial charge < -0.3 is 15.7 Å². The molecule has 6 heteroatoms. The number of aromatic nitrogens is 1. The molecule has 3 rings (SSSR count). The lowest BCUT2D eigenvalue weighted by molar-refractivity contribution is -0.124. The number of rotatable bonds is 6. The number of amides is 2. The number of aliphatic hydroxyl groups is 1. The molecule has 0 aliphatic heterocycles. The zero-order valence-corrected chi connectivity index (χ0v) is 18.1. The van der Waals surface area contributed by atoms with Crippen LogP contribution in [0.4, 0.5) is 0 Å². The molecule has 6 nitrogen and oxygen atoms in total. The van der Waals surface area contributed by atoms with E-state index in [1.165, 1.54) is 0 Å². The van der Waals surface area contributed by atoms with Crippen molar-refractivity contribution >= 4 is 11.8 Å². The van der Waals surface area contributed by atoms with Crippen molar-refractivity contribution in [3.05, 3.63) is 30.1 Å². The first-order valence-electron chi connectivity index (χ1n) is 10.7. The molecular formula is C23H35N3O3. The van der Waals surface area contributed by atoms with Crippen molar-refractivity contribution < 1.29 is 14.7 Å². The van der Waals surface area contributed by atoms with Crippen LogP contribution in [0.25, 0.3) is 0 Å². The number of carbonyl (C=O) groups excluding carboxylic acids is 2. The van der Waals surface area contributed by atoms with Gasteiger partial charge in [0.2, 0.25) is 11.8 Å². The Morgan fingerprint density at radius 3 is 2.66 bits per heavy atom. The average molecular weight is 402 g/mol. The minimum Gasteiger partial charge on any atom is -0.390 e. The number of nitrogens with zero attached hydrogens (tertiary/aromatic N) is 1. The number of hydrogen-bond donors (Lipinski definition) is 3. The van der Waals surface area contributed by atoms with Crippen LogP contribution in [0.2, 0.25) is 0 Å². The first-order valence-corrected chi connectivity index (χ1v) is 10.7. The minimum absolute atomic E-state index is 0.00368. The Bertz CT molecular complexity index is 747. The van der Waals surface area contributed by atoms with Crippen LogP contribution in [0.5, 0.6) is 0 Å². The number of hydrogen-bond acceptors (Lipinski definition) is 4. The first-order chi connectivity index (χ1) is 13.5. The number of fused-ring (bicyclic) bond motifs is 1. The number of pyridine rings is 1. The third kappa shape index (κ3) is 4.80. The van der Waals surface area contributed by atoms with Crippen molar-refractivity contribution in [3.8, 4) is 0 Å². The van der Waals surface area contributed by atoms with Crippen molar-refractivity contribution in [2.24, 2.45) is 16.7 Å². The Balaban J connectivity index is 1.73. The van der Waals surface area contributed by atoms with E-state index in [-0.39, 0.29) is 34.6 Å². The van der Waals surface area contributed by atoms with Crippen molar-refractivity contribution in [3.63, 3.8) is 0 Å². The average Bonchev–Trinajstić information content (AvgIpc) is 2.85. The van der Waals surface area contributed by atoms with E-state index in [1.54, 1.807) is 19.3 Å². The van der Waals surface area contributed by atoms with Gasteiger partial charge >= 0.3 is 0 Å². The maximum Gasteiger partial charge on any atom is 0.220 e. The molecule has 2 fully saturated rings. The lowest BCUT2D eigenvalue weighted by Gasteiger charge is -2.50. The summed E-state index contributed by atoms with van der Waals surface area (Å²) in [5.74, 6) is 0.261. The summed E-state index contributed by atoms with van der Waals surface area (Å²) < 4.78 is 0. The molecule has 2 saturated carbocycles. The highest BCUT2D eigenvalue weighted by atomic mass is 16.3. The SMILES string of the molecule is CC(=O)N[C@@H]1CC(C)(C)[C@H]2C[C@@](C)(O)CC[C@@]21CCC(=O)NCc1cccnc1. The van der Waals surface area contributed by atoms with Crippen molar-refractivity contribution in [2.45, 2.75) is 84.4 Å². The molecule has 0 aromatic carbocycles. The van der Waals surface area contributed by atoms with Gasteiger partial charge in [0.15, 0.2) is 0 Å². The van der Waals surface area contributed by atoms with Crippen LogP contribution in [0, 0.1) is 16.7 Å². The monoisotopic (exact) mass is 401 g/mol. The molecule has 4 atom stereocenters. The van der Waals surface area contributed by atoms with Gasteiger partial charge in [-0.2, -0.15) is 0 Å². The van der Waals surface area contributed by atoms with Crippen molar-refractivity contribution in [1.29, 1.82) is 0 Å². The van der Waals surface area contributed by atoms with Gasteiger partial charge in [0, 0.05) is 38.3 Å². The van der Waals surface area contributed by atoms with E-state index in [1.807, 2.05) is 19.1 Å². The Morgan fingerprint density at radius 2 is 2.00 bits per heavy atom.